The second-order valence-corrected chi connectivity index (χ2v) is 15.0. The minimum atomic E-state index is -4.41. The van der Waals surface area contributed by atoms with Crippen molar-refractivity contribution in [1.82, 2.24) is 0 Å². The van der Waals surface area contributed by atoms with Gasteiger partial charge in [-0.05, 0) is 96.3 Å². The molecule has 0 aromatic heterocycles. The molecule has 4 N–H and O–H groups in total. The van der Waals surface area contributed by atoms with Crippen LogP contribution < -0.4 is 5.73 Å². The van der Waals surface area contributed by atoms with Crippen molar-refractivity contribution in [2.75, 3.05) is 33.0 Å². The summed E-state index contributed by atoms with van der Waals surface area (Å²) in [7, 11) is -4.41. The van der Waals surface area contributed by atoms with E-state index in [0.717, 1.165) is 83.5 Å². The third kappa shape index (κ3) is 40.8. The summed E-state index contributed by atoms with van der Waals surface area (Å²) >= 11 is 0. The Morgan fingerprint density at radius 2 is 1.02 bits per heavy atom. The van der Waals surface area contributed by atoms with Crippen LogP contribution >= 0.6 is 7.82 Å². The van der Waals surface area contributed by atoms with Crippen LogP contribution in [0.3, 0.4) is 0 Å². The fourth-order valence-corrected chi connectivity index (χ4v) is 5.91. The van der Waals surface area contributed by atoms with E-state index >= 15 is 0 Å². The van der Waals surface area contributed by atoms with Crippen LogP contribution in [0.2, 0.25) is 0 Å². The van der Waals surface area contributed by atoms with Gasteiger partial charge in [0.05, 0.1) is 13.2 Å². The Balaban J connectivity index is 4.32. The second-order valence-electron chi connectivity index (χ2n) is 13.6. The zero-order chi connectivity index (χ0) is 41.1. The van der Waals surface area contributed by atoms with E-state index in [9.17, 15) is 19.0 Å². The van der Waals surface area contributed by atoms with Crippen LogP contribution in [0.1, 0.15) is 148 Å². The van der Waals surface area contributed by atoms with Crippen LogP contribution in [-0.2, 0) is 32.7 Å². The van der Waals surface area contributed by atoms with E-state index in [1.807, 2.05) is 6.08 Å². The van der Waals surface area contributed by atoms with E-state index in [-0.39, 0.29) is 39.2 Å². The Hall–Kier alpha value is -2.85. The van der Waals surface area contributed by atoms with Gasteiger partial charge in [0.2, 0.25) is 0 Å². The van der Waals surface area contributed by atoms with Crippen LogP contribution in [0.25, 0.3) is 0 Å². The predicted molar refractivity (Wildman–Crippen MR) is 230 cm³/mol. The van der Waals surface area contributed by atoms with Gasteiger partial charge in [0, 0.05) is 26.0 Å². The van der Waals surface area contributed by atoms with Crippen molar-refractivity contribution in [3.63, 3.8) is 0 Å². The Kier molecular flexibility index (Phi) is 39.6. The molecular weight excluding hydrogens is 729 g/mol. The molecule has 0 spiro atoms. The lowest BCUT2D eigenvalue weighted by Crippen LogP contribution is -2.29. The zero-order valence-corrected chi connectivity index (χ0v) is 35.4. The maximum absolute atomic E-state index is 12.6. The lowest BCUT2D eigenvalue weighted by atomic mass is 10.1. The number of ether oxygens (including phenoxy) is 2. The number of nitrogens with two attached hydrogens (primary N) is 1. The third-order valence-electron chi connectivity index (χ3n) is 8.31. The average molecular weight is 806 g/mol. The summed E-state index contributed by atoms with van der Waals surface area (Å²) in [6.45, 7) is 1.59. The number of rotatable bonds is 39. The molecule has 0 aromatic rings. The van der Waals surface area contributed by atoms with Crippen LogP contribution in [0, 0.1) is 0 Å². The van der Waals surface area contributed by atoms with E-state index in [2.05, 4.69) is 85.9 Å². The molecular formula is C45H76NO9P. The molecule has 0 aliphatic heterocycles. The Bertz CT molecular complexity index is 1190. The van der Waals surface area contributed by atoms with Crippen molar-refractivity contribution < 1.29 is 42.7 Å². The summed E-state index contributed by atoms with van der Waals surface area (Å²) in [5.74, 6) is -0.943. The molecule has 0 rings (SSSR count). The molecule has 11 heteroatoms. The summed E-state index contributed by atoms with van der Waals surface area (Å²) in [6.07, 6.45) is 49.1. The van der Waals surface area contributed by atoms with Gasteiger partial charge in [-0.15, -0.1) is 0 Å². The van der Waals surface area contributed by atoms with Crippen LogP contribution in [0.15, 0.2) is 85.1 Å². The van der Waals surface area contributed by atoms with Crippen molar-refractivity contribution in [1.29, 1.82) is 0 Å². The molecule has 0 saturated heterocycles. The number of aliphatic hydroxyl groups is 1. The zero-order valence-electron chi connectivity index (χ0n) is 34.5. The number of unbranched alkanes of at least 4 members (excludes halogenated alkanes) is 11. The summed E-state index contributed by atoms with van der Waals surface area (Å²) in [4.78, 5) is 34.8. The number of aliphatic hydroxyl groups excluding tert-OH is 1. The smallest absolute Gasteiger partial charge is 0.462 e. The van der Waals surface area contributed by atoms with Gasteiger partial charge in [-0.25, -0.2) is 4.57 Å². The molecule has 0 fully saturated rings. The molecule has 320 valence electrons. The van der Waals surface area contributed by atoms with Gasteiger partial charge in [0.1, 0.15) is 6.61 Å². The minimum Gasteiger partial charge on any atom is -0.462 e. The van der Waals surface area contributed by atoms with Crippen LogP contribution in [-0.4, -0.2) is 61.0 Å². The first-order valence-corrected chi connectivity index (χ1v) is 22.7. The fraction of sp³-hybridized carbons (Fsp3) is 0.644. The van der Waals surface area contributed by atoms with Crippen molar-refractivity contribution in [3.8, 4) is 0 Å². The molecule has 0 bridgehead atoms. The van der Waals surface area contributed by atoms with Crippen LogP contribution in [0.5, 0.6) is 0 Å². The third-order valence-corrected chi connectivity index (χ3v) is 9.29. The van der Waals surface area contributed by atoms with Gasteiger partial charge in [-0.1, -0.05) is 124 Å². The molecule has 0 radical (unpaired) electrons. The summed E-state index contributed by atoms with van der Waals surface area (Å²) in [6, 6.07) is 0. The van der Waals surface area contributed by atoms with E-state index in [0.29, 0.717) is 19.3 Å². The van der Waals surface area contributed by atoms with E-state index < -0.39 is 32.5 Å². The molecule has 0 heterocycles. The largest absolute Gasteiger partial charge is 0.472 e. The van der Waals surface area contributed by atoms with Gasteiger partial charge in [0.15, 0.2) is 6.10 Å². The molecule has 56 heavy (non-hydrogen) atoms. The number of allylic oxidation sites excluding steroid dienone is 14. The highest BCUT2D eigenvalue weighted by Gasteiger charge is 2.25. The normalized spacial score (nSPS) is 14.1. The standard InChI is InChI=1S/C45H76NO9P/c1-2-3-4-5-6-7-8-9-10-12-16-19-22-25-28-31-34-37-45(49)55-43(42-54-56(50,51)53-40-38-46)41-52-44(48)36-33-30-27-24-21-18-15-13-11-14-17-20-23-26-29-32-35-39-47/h6-7,9-11,14-16,18-20,23-24,27,43,47H,2-5,8,12-13,17,21-22,25-26,28-42,46H2,1H3,(H,50,51)/b7-6-,10-9-,14-11-,18-15-,19-16-,23-20-,27-24-/t43-/m1/s1. The van der Waals surface area contributed by atoms with Gasteiger partial charge >= 0.3 is 19.8 Å². The van der Waals surface area contributed by atoms with Gasteiger partial charge in [0.25, 0.3) is 0 Å². The molecule has 10 nitrogen and oxygen atoms in total. The topological polar surface area (TPSA) is 155 Å². The molecule has 0 aromatic carbocycles. The molecule has 0 aliphatic carbocycles. The molecule has 2 atom stereocenters. The molecule has 0 aliphatic rings. The second kappa shape index (κ2) is 41.8. The molecule has 1 unspecified atom stereocenters. The summed E-state index contributed by atoms with van der Waals surface area (Å²) in [5, 5.41) is 8.79. The van der Waals surface area contributed by atoms with Crippen molar-refractivity contribution >= 4 is 19.8 Å². The monoisotopic (exact) mass is 806 g/mol. The van der Waals surface area contributed by atoms with Crippen molar-refractivity contribution in [3.05, 3.63) is 85.1 Å². The number of phosphoric ester groups is 1. The molecule has 0 amide bonds. The summed E-state index contributed by atoms with van der Waals surface area (Å²) < 4.78 is 32.7. The van der Waals surface area contributed by atoms with E-state index in [1.165, 1.54) is 25.7 Å². The lowest BCUT2D eigenvalue weighted by Gasteiger charge is -2.19. The Morgan fingerprint density at radius 3 is 1.52 bits per heavy atom. The quantitative estimate of drug-likeness (QED) is 0.0237. The summed E-state index contributed by atoms with van der Waals surface area (Å²) in [5.41, 5.74) is 5.34. The van der Waals surface area contributed by atoms with E-state index in [1.54, 1.807) is 0 Å². The molecule has 0 saturated carbocycles. The number of esters is 2. The van der Waals surface area contributed by atoms with Crippen LogP contribution in [0.4, 0.5) is 0 Å². The fourth-order valence-electron chi connectivity index (χ4n) is 5.14. The first kappa shape index (κ1) is 53.1. The van der Waals surface area contributed by atoms with Gasteiger partial charge in [-0.3, -0.25) is 18.6 Å². The van der Waals surface area contributed by atoms with Gasteiger partial charge in [-0.2, -0.15) is 0 Å². The predicted octanol–water partition coefficient (Wildman–Crippen LogP) is 11.0. The average Bonchev–Trinajstić information content (AvgIpc) is 3.18. The van der Waals surface area contributed by atoms with Crippen molar-refractivity contribution in [2.24, 2.45) is 5.73 Å². The number of hydrogen-bond donors (Lipinski definition) is 3. The van der Waals surface area contributed by atoms with Gasteiger partial charge < -0.3 is 25.2 Å². The van der Waals surface area contributed by atoms with Crippen molar-refractivity contribution in [2.45, 2.75) is 154 Å². The SMILES string of the molecule is CCCCC/C=C\C/C=C\C/C=C\CCCCCCC(=O)O[C@H](COC(=O)CCC/C=C\C/C=C\C/C=C\C/C=C\CCCCCO)COP(=O)(O)OCCN. The Morgan fingerprint density at radius 1 is 0.571 bits per heavy atom. The minimum absolute atomic E-state index is 0.0333. The first-order valence-electron chi connectivity index (χ1n) is 21.2. The number of phosphoric acid groups is 1. The number of carbonyl (C=O) groups is 2. The number of carbonyl (C=O) groups excluding carboxylic acids is 2. The first-order chi connectivity index (χ1) is 27.3. The highest BCUT2D eigenvalue weighted by atomic mass is 31.2. The maximum atomic E-state index is 12.6. The highest BCUT2D eigenvalue weighted by molar-refractivity contribution is 7.47. The lowest BCUT2D eigenvalue weighted by molar-refractivity contribution is -0.161. The van der Waals surface area contributed by atoms with E-state index in [4.69, 9.17) is 29.4 Å². The number of hydrogen-bond acceptors (Lipinski definition) is 9. The Labute approximate surface area is 339 Å². The maximum Gasteiger partial charge on any atom is 0.472 e. The highest BCUT2D eigenvalue weighted by Crippen LogP contribution is 2.43.